The maximum absolute atomic E-state index is 13.1. The summed E-state index contributed by atoms with van der Waals surface area (Å²) in [6.07, 6.45) is 4.93. The first-order chi connectivity index (χ1) is 17.0. The molecule has 0 aromatic heterocycles. The molecule has 2 aliphatic carbocycles. The number of carbonyl (C=O) groups is 4. The molecule has 2 fully saturated rings. The zero-order valence-corrected chi connectivity index (χ0v) is 18.7. The monoisotopic (exact) mass is 466 g/mol. The number of fused-ring (bicyclic) bond motifs is 6. The van der Waals surface area contributed by atoms with Crippen LogP contribution in [0.2, 0.25) is 0 Å². The fraction of sp³-hybridized carbons (Fsp3) is 0.214. The van der Waals surface area contributed by atoms with E-state index < -0.39 is 18.5 Å². The van der Waals surface area contributed by atoms with Crippen molar-refractivity contribution in [2.45, 2.75) is 6.42 Å². The maximum atomic E-state index is 13.1. The largest absolute Gasteiger partial charge is 0.452 e. The van der Waals surface area contributed by atoms with E-state index in [0.29, 0.717) is 11.4 Å². The lowest BCUT2D eigenvalue weighted by Crippen LogP contribution is -2.33. The minimum absolute atomic E-state index is 0.111. The fourth-order valence-electron chi connectivity index (χ4n) is 5.66. The summed E-state index contributed by atoms with van der Waals surface area (Å²) in [5, 5.41) is 4.65. The Labute approximate surface area is 201 Å². The predicted octanol–water partition coefficient (Wildman–Crippen LogP) is 3.95. The molecule has 7 nitrogen and oxygen atoms in total. The van der Waals surface area contributed by atoms with E-state index in [1.165, 1.54) is 17.0 Å². The summed E-state index contributed by atoms with van der Waals surface area (Å²) >= 11 is 0. The fourth-order valence-corrected chi connectivity index (χ4v) is 5.66. The van der Waals surface area contributed by atoms with E-state index in [1.54, 1.807) is 18.2 Å². The topological polar surface area (TPSA) is 92.8 Å². The molecule has 3 aliphatic rings. The molecule has 35 heavy (non-hydrogen) atoms. The molecule has 0 spiro atoms. The number of imide groups is 1. The van der Waals surface area contributed by atoms with Crippen LogP contribution in [0.3, 0.4) is 0 Å². The molecule has 3 aromatic rings. The van der Waals surface area contributed by atoms with Crippen molar-refractivity contribution in [2.75, 3.05) is 16.8 Å². The van der Waals surface area contributed by atoms with Crippen molar-refractivity contribution in [3.8, 4) is 0 Å². The van der Waals surface area contributed by atoms with E-state index in [1.807, 2.05) is 48.6 Å². The molecule has 6 rings (SSSR count). The zero-order valence-electron chi connectivity index (χ0n) is 18.7. The van der Waals surface area contributed by atoms with Gasteiger partial charge in [0.15, 0.2) is 6.61 Å². The highest BCUT2D eigenvalue weighted by molar-refractivity contribution is 6.23. The van der Waals surface area contributed by atoms with E-state index in [9.17, 15) is 19.2 Å². The summed E-state index contributed by atoms with van der Waals surface area (Å²) in [4.78, 5) is 52.4. The number of hydrogen-bond acceptors (Lipinski definition) is 5. The van der Waals surface area contributed by atoms with E-state index in [4.69, 9.17) is 4.74 Å². The normalized spacial score (nSPS) is 24.2. The number of nitrogens with one attached hydrogen (secondary N) is 1. The lowest BCUT2D eigenvalue weighted by atomic mass is 9.85. The summed E-state index contributed by atoms with van der Waals surface area (Å²) in [6.45, 7) is -0.465. The molecule has 0 radical (unpaired) electrons. The molecule has 3 amide bonds. The predicted molar refractivity (Wildman–Crippen MR) is 130 cm³/mol. The van der Waals surface area contributed by atoms with Crippen LogP contribution < -0.4 is 10.2 Å². The third-order valence-electron chi connectivity index (χ3n) is 7.21. The molecule has 1 aliphatic heterocycles. The lowest BCUT2D eigenvalue weighted by Gasteiger charge is -2.18. The van der Waals surface area contributed by atoms with Crippen LogP contribution in [0, 0.1) is 23.7 Å². The summed E-state index contributed by atoms with van der Waals surface area (Å²) < 4.78 is 5.21. The van der Waals surface area contributed by atoms with Crippen molar-refractivity contribution >= 4 is 45.8 Å². The average molecular weight is 466 g/mol. The van der Waals surface area contributed by atoms with E-state index in [0.717, 1.165) is 17.2 Å². The van der Waals surface area contributed by atoms with Gasteiger partial charge in [0.05, 0.1) is 23.1 Å². The Hall–Kier alpha value is -4.26. The second kappa shape index (κ2) is 8.20. The smallest absolute Gasteiger partial charge is 0.338 e. The number of amides is 3. The first-order valence-electron chi connectivity index (χ1n) is 11.6. The van der Waals surface area contributed by atoms with Crippen molar-refractivity contribution in [1.82, 2.24) is 0 Å². The molecule has 3 aromatic carbocycles. The number of allylic oxidation sites excluding steroid dienone is 2. The van der Waals surface area contributed by atoms with Crippen molar-refractivity contribution in [1.29, 1.82) is 0 Å². The van der Waals surface area contributed by atoms with Gasteiger partial charge in [-0.05, 0) is 47.9 Å². The van der Waals surface area contributed by atoms with E-state index in [-0.39, 0.29) is 41.0 Å². The van der Waals surface area contributed by atoms with Gasteiger partial charge in [0, 0.05) is 11.1 Å². The van der Waals surface area contributed by atoms with Crippen LogP contribution in [0.1, 0.15) is 16.8 Å². The number of nitrogens with zero attached hydrogens (tertiary/aromatic N) is 1. The molecular weight excluding hydrogens is 444 g/mol. The SMILES string of the molecule is O=C(COC(=O)c1cccc(N2C(=O)[C@@H]3[C@@H](C2=O)[C@H]2C=C[C@H]3C2)c1)Nc1cccc2ccccc12. The van der Waals surface area contributed by atoms with Crippen LogP contribution >= 0.6 is 0 Å². The van der Waals surface area contributed by atoms with Gasteiger partial charge in [0.1, 0.15) is 0 Å². The van der Waals surface area contributed by atoms with Crippen LogP contribution in [0.5, 0.6) is 0 Å². The Kier molecular flexibility index (Phi) is 4.99. The maximum Gasteiger partial charge on any atom is 0.338 e. The molecule has 7 heteroatoms. The molecule has 174 valence electrons. The summed E-state index contributed by atoms with van der Waals surface area (Å²) in [5.41, 5.74) is 1.15. The van der Waals surface area contributed by atoms with Gasteiger partial charge < -0.3 is 10.1 Å². The van der Waals surface area contributed by atoms with E-state index in [2.05, 4.69) is 5.32 Å². The third-order valence-corrected chi connectivity index (χ3v) is 7.21. The molecular formula is C28H22N2O5. The lowest BCUT2D eigenvalue weighted by molar-refractivity contribution is -0.123. The van der Waals surface area contributed by atoms with Gasteiger partial charge >= 0.3 is 5.97 Å². The second-order valence-electron chi connectivity index (χ2n) is 9.21. The minimum Gasteiger partial charge on any atom is -0.452 e. The number of rotatable bonds is 5. The third kappa shape index (κ3) is 3.51. The molecule has 1 saturated heterocycles. The average Bonchev–Trinajstić information content (AvgIpc) is 3.56. The highest BCUT2D eigenvalue weighted by atomic mass is 16.5. The van der Waals surface area contributed by atoms with Gasteiger partial charge in [-0.25, -0.2) is 9.69 Å². The molecule has 0 unspecified atom stereocenters. The number of anilines is 2. The number of esters is 1. The quantitative estimate of drug-likeness (QED) is 0.349. The Bertz CT molecular complexity index is 1390. The van der Waals surface area contributed by atoms with Gasteiger partial charge in [-0.2, -0.15) is 0 Å². The zero-order chi connectivity index (χ0) is 24.1. The Morgan fingerprint density at radius 2 is 1.57 bits per heavy atom. The van der Waals surface area contributed by atoms with Crippen molar-refractivity contribution in [2.24, 2.45) is 23.7 Å². The first-order valence-corrected chi connectivity index (χ1v) is 11.6. The van der Waals surface area contributed by atoms with Crippen molar-refractivity contribution in [3.05, 3.63) is 84.4 Å². The minimum atomic E-state index is -0.707. The van der Waals surface area contributed by atoms with E-state index >= 15 is 0 Å². The van der Waals surface area contributed by atoms with Crippen LogP contribution in [0.15, 0.2) is 78.9 Å². The van der Waals surface area contributed by atoms with Crippen molar-refractivity contribution < 1.29 is 23.9 Å². The molecule has 4 atom stereocenters. The Morgan fingerprint density at radius 3 is 2.34 bits per heavy atom. The van der Waals surface area contributed by atoms with Gasteiger partial charge in [0.25, 0.3) is 5.91 Å². The molecule has 1 saturated carbocycles. The second-order valence-corrected chi connectivity index (χ2v) is 9.21. The van der Waals surface area contributed by atoms with Crippen LogP contribution in [0.4, 0.5) is 11.4 Å². The van der Waals surface area contributed by atoms with Crippen LogP contribution in [-0.4, -0.2) is 30.3 Å². The first kappa shape index (κ1) is 21.3. The highest BCUT2D eigenvalue weighted by Gasteiger charge is 2.59. The van der Waals surface area contributed by atoms with Gasteiger partial charge in [-0.15, -0.1) is 0 Å². The Balaban J connectivity index is 1.13. The summed E-state index contributed by atoms with van der Waals surface area (Å²) in [7, 11) is 0. The molecule has 2 bridgehead atoms. The highest BCUT2D eigenvalue weighted by Crippen LogP contribution is 2.53. The molecule has 1 heterocycles. The van der Waals surface area contributed by atoms with Gasteiger partial charge in [0.2, 0.25) is 11.8 Å². The number of ether oxygens (including phenoxy) is 1. The van der Waals surface area contributed by atoms with Crippen LogP contribution in [0.25, 0.3) is 10.8 Å². The Morgan fingerprint density at radius 1 is 0.886 bits per heavy atom. The number of hydrogen-bond donors (Lipinski definition) is 1. The number of carbonyl (C=O) groups excluding carboxylic acids is 4. The standard InChI is InChI=1S/C28H22N2O5/c31-23(29-22-10-4-6-16-5-1-2-9-21(16)22)15-35-28(34)19-7-3-8-20(14-19)30-26(32)24-17-11-12-18(13-17)25(24)27(30)33/h1-12,14,17-18,24-25H,13,15H2,(H,29,31)/t17-,18-,24-,25-/m0/s1. The number of benzene rings is 3. The summed E-state index contributed by atoms with van der Waals surface area (Å²) in [5.74, 6) is -2.00. The van der Waals surface area contributed by atoms with Crippen LogP contribution in [-0.2, 0) is 19.1 Å². The van der Waals surface area contributed by atoms with Gasteiger partial charge in [-0.3, -0.25) is 14.4 Å². The van der Waals surface area contributed by atoms with Gasteiger partial charge in [-0.1, -0.05) is 54.6 Å². The van der Waals surface area contributed by atoms with Crippen molar-refractivity contribution in [3.63, 3.8) is 0 Å². The molecule has 1 N–H and O–H groups in total. The summed E-state index contributed by atoms with van der Waals surface area (Å²) in [6, 6.07) is 19.5.